The van der Waals surface area contributed by atoms with Crippen molar-refractivity contribution in [3.63, 3.8) is 0 Å². The maximum atomic E-state index is 8.87. The lowest BCUT2D eigenvalue weighted by atomic mass is 10.1. The predicted octanol–water partition coefficient (Wildman–Crippen LogP) is 1.92. The van der Waals surface area contributed by atoms with Gasteiger partial charge >= 0.3 is 0 Å². The molecule has 0 N–H and O–H groups in total. The lowest BCUT2D eigenvalue weighted by molar-refractivity contribution is 0.357. The van der Waals surface area contributed by atoms with Crippen molar-refractivity contribution in [3.05, 3.63) is 47.3 Å². The van der Waals surface area contributed by atoms with Gasteiger partial charge < -0.3 is 9.64 Å². The molecule has 0 amide bonds. The minimum absolute atomic E-state index is 0.379. The molecule has 2 aromatic rings. The number of benzene rings is 1. The first kappa shape index (κ1) is 12.4. The molecule has 5 nitrogen and oxygen atoms in total. The summed E-state index contributed by atoms with van der Waals surface area (Å²) in [6.07, 6.45) is 2.57. The van der Waals surface area contributed by atoms with Gasteiger partial charge in [-0.15, -0.1) is 0 Å². The van der Waals surface area contributed by atoms with Gasteiger partial charge in [-0.05, 0) is 23.3 Å². The number of anilines is 1. The van der Waals surface area contributed by atoms with Crippen molar-refractivity contribution >= 4 is 5.95 Å². The first-order chi connectivity index (χ1) is 9.76. The molecule has 1 aliphatic rings. The summed E-state index contributed by atoms with van der Waals surface area (Å²) in [5.74, 6) is 1.54. The largest absolute Gasteiger partial charge is 0.493 e. The SMILES string of the molecule is CN(Cc1ccc2c(c1)CCO2)c1nccc(C#N)n1. The standard InChI is InChI=1S/C15H14N4O/c1-19(15-17-6-4-13(9-16)18-15)10-11-2-3-14-12(8-11)5-7-20-14/h2-4,6,8H,5,7,10H2,1H3. The quantitative estimate of drug-likeness (QED) is 0.849. The van der Waals surface area contributed by atoms with Gasteiger partial charge in [0.05, 0.1) is 6.61 Å². The zero-order chi connectivity index (χ0) is 13.9. The Morgan fingerprint density at radius 1 is 1.40 bits per heavy atom. The van der Waals surface area contributed by atoms with Crippen LogP contribution in [-0.4, -0.2) is 23.6 Å². The predicted molar refractivity (Wildman–Crippen MR) is 74.5 cm³/mol. The molecule has 0 bridgehead atoms. The molecule has 0 fully saturated rings. The van der Waals surface area contributed by atoms with E-state index >= 15 is 0 Å². The third kappa shape index (κ3) is 2.41. The van der Waals surface area contributed by atoms with Crippen LogP contribution in [-0.2, 0) is 13.0 Å². The molecule has 1 aromatic heterocycles. The Kier molecular flexibility index (Phi) is 3.21. The lowest BCUT2D eigenvalue weighted by Gasteiger charge is -2.17. The van der Waals surface area contributed by atoms with Gasteiger partial charge in [-0.2, -0.15) is 5.26 Å². The monoisotopic (exact) mass is 266 g/mol. The van der Waals surface area contributed by atoms with Crippen LogP contribution in [0.3, 0.4) is 0 Å². The average molecular weight is 266 g/mol. The van der Waals surface area contributed by atoms with Crippen LogP contribution in [0.5, 0.6) is 5.75 Å². The van der Waals surface area contributed by atoms with Gasteiger partial charge in [0.1, 0.15) is 17.5 Å². The second-order valence-electron chi connectivity index (χ2n) is 4.75. The Morgan fingerprint density at radius 3 is 3.15 bits per heavy atom. The summed E-state index contributed by atoms with van der Waals surface area (Å²) in [5, 5.41) is 8.87. The van der Waals surface area contributed by atoms with Crippen LogP contribution >= 0.6 is 0 Å². The normalized spacial score (nSPS) is 12.4. The number of hydrogen-bond acceptors (Lipinski definition) is 5. The molecule has 0 saturated carbocycles. The molecule has 0 radical (unpaired) electrons. The highest BCUT2D eigenvalue weighted by atomic mass is 16.5. The van der Waals surface area contributed by atoms with Gasteiger partial charge in [-0.1, -0.05) is 12.1 Å². The number of fused-ring (bicyclic) bond motifs is 1. The van der Waals surface area contributed by atoms with Crippen molar-refractivity contribution in [2.24, 2.45) is 0 Å². The first-order valence-corrected chi connectivity index (χ1v) is 6.45. The van der Waals surface area contributed by atoms with Crippen molar-refractivity contribution in [1.82, 2.24) is 9.97 Å². The van der Waals surface area contributed by atoms with Crippen LogP contribution < -0.4 is 9.64 Å². The van der Waals surface area contributed by atoms with E-state index in [1.165, 1.54) is 11.1 Å². The first-order valence-electron chi connectivity index (χ1n) is 6.45. The summed E-state index contributed by atoms with van der Waals surface area (Å²) in [5.41, 5.74) is 2.81. The second kappa shape index (κ2) is 5.17. The summed E-state index contributed by atoms with van der Waals surface area (Å²) in [6, 6.07) is 9.85. The minimum Gasteiger partial charge on any atom is -0.493 e. The molecule has 0 saturated heterocycles. The molecule has 0 aliphatic carbocycles. The number of aromatic nitrogens is 2. The molecular formula is C15H14N4O. The van der Waals surface area contributed by atoms with Crippen molar-refractivity contribution in [1.29, 1.82) is 5.26 Å². The van der Waals surface area contributed by atoms with Gasteiger partial charge in [-0.3, -0.25) is 0 Å². The zero-order valence-corrected chi connectivity index (χ0v) is 11.2. The number of nitrogens with zero attached hydrogens (tertiary/aromatic N) is 4. The lowest BCUT2D eigenvalue weighted by Crippen LogP contribution is -2.19. The van der Waals surface area contributed by atoms with Gasteiger partial charge in [0, 0.05) is 26.2 Å². The fraction of sp³-hybridized carbons (Fsp3) is 0.267. The Morgan fingerprint density at radius 2 is 2.30 bits per heavy atom. The molecule has 5 heteroatoms. The van der Waals surface area contributed by atoms with Crippen LogP contribution in [0.15, 0.2) is 30.5 Å². The van der Waals surface area contributed by atoms with E-state index in [1.54, 1.807) is 12.3 Å². The molecule has 2 heterocycles. The Balaban J connectivity index is 1.78. The van der Waals surface area contributed by atoms with Crippen molar-refractivity contribution in [2.75, 3.05) is 18.6 Å². The van der Waals surface area contributed by atoms with E-state index in [4.69, 9.17) is 10.00 Å². The third-order valence-electron chi connectivity index (χ3n) is 3.27. The van der Waals surface area contributed by atoms with E-state index in [0.29, 0.717) is 18.2 Å². The number of rotatable bonds is 3. The summed E-state index contributed by atoms with van der Waals surface area (Å²) < 4.78 is 5.50. The van der Waals surface area contributed by atoms with Gasteiger partial charge in [0.15, 0.2) is 0 Å². The highest BCUT2D eigenvalue weighted by Crippen LogP contribution is 2.26. The van der Waals surface area contributed by atoms with E-state index in [0.717, 1.165) is 18.8 Å². The van der Waals surface area contributed by atoms with Gasteiger partial charge in [0.25, 0.3) is 0 Å². The molecule has 3 rings (SSSR count). The summed E-state index contributed by atoms with van der Waals surface area (Å²) in [6.45, 7) is 1.46. The smallest absolute Gasteiger partial charge is 0.226 e. The van der Waals surface area contributed by atoms with Gasteiger partial charge in [0.2, 0.25) is 5.95 Å². The zero-order valence-electron chi connectivity index (χ0n) is 11.2. The maximum Gasteiger partial charge on any atom is 0.226 e. The van der Waals surface area contributed by atoms with E-state index in [-0.39, 0.29) is 0 Å². The van der Waals surface area contributed by atoms with Crippen LogP contribution in [0.25, 0.3) is 0 Å². The summed E-state index contributed by atoms with van der Waals surface area (Å²) in [7, 11) is 1.92. The number of hydrogen-bond donors (Lipinski definition) is 0. The molecule has 100 valence electrons. The number of nitriles is 1. The topological polar surface area (TPSA) is 62.0 Å². The summed E-state index contributed by atoms with van der Waals surface area (Å²) in [4.78, 5) is 10.3. The highest BCUT2D eigenvalue weighted by Gasteiger charge is 2.13. The Bertz CT molecular complexity index is 678. The van der Waals surface area contributed by atoms with Crippen LogP contribution in [0, 0.1) is 11.3 Å². The number of ether oxygens (including phenoxy) is 1. The highest BCUT2D eigenvalue weighted by molar-refractivity contribution is 5.41. The van der Waals surface area contributed by atoms with E-state index < -0.39 is 0 Å². The van der Waals surface area contributed by atoms with E-state index in [1.807, 2.05) is 24.1 Å². The molecule has 1 aliphatic heterocycles. The Hall–Kier alpha value is -2.61. The fourth-order valence-corrected chi connectivity index (χ4v) is 2.28. The molecule has 0 atom stereocenters. The third-order valence-corrected chi connectivity index (χ3v) is 3.27. The van der Waals surface area contributed by atoms with Crippen molar-refractivity contribution in [2.45, 2.75) is 13.0 Å². The van der Waals surface area contributed by atoms with Gasteiger partial charge in [-0.25, -0.2) is 9.97 Å². The maximum absolute atomic E-state index is 8.87. The molecule has 20 heavy (non-hydrogen) atoms. The second-order valence-corrected chi connectivity index (χ2v) is 4.75. The fourth-order valence-electron chi connectivity index (χ4n) is 2.28. The molecule has 0 unspecified atom stereocenters. The van der Waals surface area contributed by atoms with E-state index in [9.17, 15) is 0 Å². The van der Waals surface area contributed by atoms with Crippen molar-refractivity contribution < 1.29 is 4.74 Å². The molecular weight excluding hydrogens is 252 g/mol. The molecule has 0 spiro atoms. The van der Waals surface area contributed by atoms with E-state index in [2.05, 4.69) is 22.1 Å². The van der Waals surface area contributed by atoms with Crippen molar-refractivity contribution in [3.8, 4) is 11.8 Å². The van der Waals surface area contributed by atoms with Crippen LogP contribution in [0.4, 0.5) is 5.95 Å². The molecule has 1 aromatic carbocycles. The average Bonchev–Trinajstić information content (AvgIpc) is 2.95. The van der Waals surface area contributed by atoms with Crippen LogP contribution in [0.2, 0.25) is 0 Å². The Labute approximate surface area is 117 Å². The van der Waals surface area contributed by atoms with Crippen LogP contribution in [0.1, 0.15) is 16.8 Å². The summed E-state index contributed by atoms with van der Waals surface area (Å²) >= 11 is 0. The minimum atomic E-state index is 0.379.